The molecule has 2 bridgehead atoms. The topological polar surface area (TPSA) is 71.5 Å². The van der Waals surface area contributed by atoms with Crippen LogP contribution in [0, 0.1) is 5.92 Å². The number of rotatable bonds is 4. The lowest BCUT2D eigenvalue weighted by molar-refractivity contribution is -0.161. The number of esters is 1. The summed E-state index contributed by atoms with van der Waals surface area (Å²) in [5, 5.41) is 3.66. The molecule has 3 fully saturated rings. The minimum absolute atomic E-state index is 0.0367. The molecule has 3 aliphatic heterocycles. The summed E-state index contributed by atoms with van der Waals surface area (Å²) >= 11 is 0.976. The smallest absolute Gasteiger partial charge is 0.422 e. The zero-order valence-corrected chi connectivity index (χ0v) is 16.5. The number of hydrogen-bond acceptors (Lipinski definition) is 6. The van der Waals surface area contributed by atoms with Crippen molar-refractivity contribution in [3.8, 4) is 0 Å². The lowest BCUT2D eigenvalue weighted by atomic mass is 9.79. The predicted octanol–water partition coefficient (Wildman–Crippen LogP) is 3.23. The van der Waals surface area contributed by atoms with Gasteiger partial charge in [0.1, 0.15) is 10.6 Å². The number of thiophene rings is 1. The molecular weight excluding hydrogens is 407 g/mol. The lowest BCUT2D eigenvalue weighted by Crippen LogP contribution is -2.62. The van der Waals surface area contributed by atoms with Crippen molar-refractivity contribution in [2.75, 3.05) is 19.7 Å². The van der Waals surface area contributed by atoms with E-state index in [1.807, 2.05) is 0 Å². The van der Waals surface area contributed by atoms with Crippen LogP contribution in [0.25, 0.3) is 10.1 Å². The number of halogens is 3. The van der Waals surface area contributed by atoms with Crippen molar-refractivity contribution in [1.82, 2.24) is 15.2 Å². The van der Waals surface area contributed by atoms with Crippen LogP contribution in [-0.2, 0) is 4.74 Å². The van der Waals surface area contributed by atoms with Gasteiger partial charge in [0.15, 0.2) is 6.61 Å². The van der Waals surface area contributed by atoms with E-state index in [1.165, 1.54) is 12.3 Å². The second kappa shape index (κ2) is 7.56. The Balaban J connectivity index is 1.47. The normalized spacial score (nSPS) is 26.5. The third kappa shape index (κ3) is 4.23. The highest BCUT2D eigenvalue weighted by molar-refractivity contribution is 7.20. The molecule has 1 amide bonds. The van der Waals surface area contributed by atoms with E-state index < -0.39 is 18.8 Å². The number of fused-ring (bicyclic) bond motifs is 4. The van der Waals surface area contributed by atoms with Crippen LogP contribution in [0.2, 0.25) is 0 Å². The number of nitrogens with one attached hydrogen (secondary N) is 1. The number of ether oxygens (including phenoxy) is 1. The summed E-state index contributed by atoms with van der Waals surface area (Å²) in [6.07, 6.45) is -1.00. The number of amides is 1. The van der Waals surface area contributed by atoms with E-state index >= 15 is 0 Å². The first-order chi connectivity index (χ1) is 13.7. The van der Waals surface area contributed by atoms with Gasteiger partial charge in [-0.1, -0.05) is 0 Å². The second-order valence-electron chi connectivity index (χ2n) is 7.52. The van der Waals surface area contributed by atoms with E-state index in [0.29, 0.717) is 16.0 Å². The molecule has 0 aliphatic carbocycles. The minimum Gasteiger partial charge on any atom is -0.452 e. The fraction of sp³-hybridized carbons (Fsp3) is 0.526. The fourth-order valence-electron chi connectivity index (χ4n) is 4.15. The summed E-state index contributed by atoms with van der Waals surface area (Å²) in [6, 6.07) is 3.32. The molecule has 0 unspecified atom stereocenters. The first kappa shape index (κ1) is 20.1. The van der Waals surface area contributed by atoms with Crippen LogP contribution < -0.4 is 5.32 Å². The number of alkyl halides is 3. The van der Waals surface area contributed by atoms with Crippen LogP contribution in [0.4, 0.5) is 13.2 Å². The Labute approximate surface area is 169 Å². The largest absolute Gasteiger partial charge is 0.452 e. The molecule has 2 aromatic heterocycles. The highest BCUT2D eigenvalue weighted by Gasteiger charge is 2.40. The zero-order valence-electron chi connectivity index (χ0n) is 15.7. The predicted molar refractivity (Wildman–Crippen MR) is 101 cm³/mol. The van der Waals surface area contributed by atoms with E-state index in [2.05, 4.69) is 26.9 Å². The monoisotopic (exact) mass is 427 g/mol. The van der Waals surface area contributed by atoms with E-state index in [-0.39, 0.29) is 28.6 Å². The number of pyridine rings is 1. The first-order valence-corrected chi connectivity index (χ1v) is 10.2. The summed E-state index contributed by atoms with van der Waals surface area (Å²) in [5.41, 5.74) is 0.221. The van der Waals surface area contributed by atoms with Gasteiger partial charge in [-0.05, 0) is 50.9 Å². The lowest BCUT2D eigenvalue weighted by Gasteiger charge is -2.49. The van der Waals surface area contributed by atoms with Crippen LogP contribution in [0.3, 0.4) is 0 Å². The summed E-state index contributed by atoms with van der Waals surface area (Å²) in [6.45, 7) is 2.60. The Morgan fingerprint density at radius 3 is 2.69 bits per heavy atom. The number of nitrogens with zero attached hydrogens (tertiary/aromatic N) is 2. The van der Waals surface area contributed by atoms with Gasteiger partial charge in [-0.3, -0.25) is 14.7 Å². The molecule has 6 nitrogen and oxygen atoms in total. The molecule has 29 heavy (non-hydrogen) atoms. The average molecular weight is 427 g/mol. The number of hydrogen-bond donors (Lipinski definition) is 1. The van der Waals surface area contributed by atoms with Gasteiger partial charge in [0.25, 0.3) is 5.91 Å². The van der Waals surface area contributed by atoms with Crippen LogP contribution in [-0.4, -0.2) is 59.7 Å². The van der Waals surface area contributed by atoms with Gasteiger partial charge in [0.05, 0.1) is 0 Å². The maximum Gasteiger partial charge on any atom is 0.422 e. The maximum atomic E-state index is 12.7. The van der Waals surface area contributed by atoms with Gasteiger partial charge < -0.3 is 10.1 Å². The summed E-state index contributed by atoms with van der Waals surface area (Å²) in [4.78, 5) is 31.1. The molecule has 0 radical (unpaired) electrons. The number of aromatic nitrogens is 1. The van der Waals surface area contributed by atoms with Crippen molar-refractivity contribution in [3.63, 3.8) is 0 Å². The Morgan fingerprint density at radius 1 is 1.31 bits per heavy atom. The summed E-state index contributed by atoms with van der Waals surface area (Å²) in [7, 11) is 0. The maximum absolute atomic E-state index is 12.7. The third-order valence-electron chi connectivity index (χ3n) is 5.68. The van der Waals surface area contributed by atoms with Crippen molar-refractivity contribution in [2.45, 2.75) is 38.0 Å². The van der Waals surface area contributed by atoms with Crippen LogP contribution in [0.5, 0.6) is 0 Å². The fourth-order valence-corrected chi connectivity index (χ4v) is 5.11. The van der Waals surface area contributed by atoms with Crippen LogP contribution in [0.15, 0.2) is 18.3 Å². The van der Waals surface area contributed by atoms with Gasteiger partial charge in [0, 0.05) is 28.4 Å². The Bertz CT molecular complexity index is 936. The highest BCUT2D eigenvalue weighted by Crippen LogP contribution is 2.32. The molecule has 5 heterocycles. The molecule has 2 atom stereocenters. The third-order valence-corrected chi connectivity index (χ3v) is 6.76. The Morgan fingerprint density at radius 2 is 2.03 bits per heavy atom. The number of piperidine rings is 3. The van der Waals surface area contributed by atoms with Gasteiger partial charge >= 0.3 is 12.1 Å². The van der Waals surface area contributed by atoms with Crippen molar-refractivity contribution in [3.05, 3.63) is 28.9 Å². The zero-order chi connectivity index (χ0) is 20.8. The molecule has 3 aliphatic rings. The van der Waals surface area contributed by atoms with E-state index in [0.717, 1.165) is 37.3 Å². The van der Waals surface area contributed by atoms with Gasteiger partial charge in [0.2, 0.25) is 0 Å². The van der Waals surface area contributed by atoms with E-state index in [1.54, 1.807) is 6.07 Å². The van der Waals surface area contributed by atoms with Crippen molar-refractivity contribution >= 4 is 33.3 Å². The Kier molecular flexibility index (Phi) is 5.24. The molecule has 2 aromatic rings. The summed E-state index contributed by atoms with van der Waals surface area (Å²) in [5.74, 6) is -0.873. The molecule has 0 spiro atoms. The minimum atomic E-state index is -4.58. The highest BCUT2D eigenvalue weighted by atomic mass is 32.1. The molecule has 0 aromatic carbocycles. The van der Waals surface area contributed by atoms with Gasteiger partial charge in [-0.15, -0.1) is 11.3 Å². The second-order valence-corrected chi connectivity index (χ2v) is 8.61. The van der Waals surface area contributed by atoms with Crippen molar-refractivity contribution in [2.24, 2.45) is 5.92 Å². The van der Waals surface area contributed by atoms with Crippen LogP contribution in [0.1, 0.15) is 39.9 Å². The van der Waals surface area contributed by atoms with Gasteiger partial charge in [-0.2, -0.15) is 13.2 Å². The molecule has 156 valence electrons. The van der Waals surface area contributed by atoms with Gasteiger partial charge in [-0.25, -0.2) is 4.79 Å². The van der Waals surface area contributed by atoms with E-state index in [4.69, 9.17) is 0 Å². The first-order valence-electron chi connectivity index (χ1n) is 9.39. The number of carbonyl (C=O) groups excluding carboxylic acids is 2. The number of carbonyl (C=O) groups is 2. The van der Waals surface area contributed by atoms with Crippen molar-refractivity contribution < 1.29 is 27.5 Å². The molecule has 10 heteroatoms. The van der Waals surface area contributed by atoms with Crippen LogP contribution >= 0.6 is 11.3 Å². The quantitative estimate of drug-likeness (QED) is 0.759. The molecule has 5 rings (SSSR count). The molecule has 0 saturated carbocycles. The van der Waals surface area contributed by atoms with Crippen molar-refractivity contribution in [1.29, 1.82) is 0 Å². The Hall–Kier alpha value is -2.20. The summed E-state index contributed by atoms with van der Waals surface area (Å²) < 4.78 is 41.5. The average Bonchev–Trinajstić information content (AvgIpc) is 3.12. The van der Waals surface area contributed by atoms with E-state index in [9.17, 15) is 22.8 Å². The molecular formula is C19H20F3N3O3S. The molecule has 3 saturated heterocycles. The molecule has 1 N–H and O–H groups in total. The SMILES string of the molecule is C[C@@H]1[C@H](NC(=O)c2cc3sc(C(=O)OCC(F)(F)F)cc3cn2)C2CCN1CC2. The standard InChI is InChI=1S/C19H20F3N3O3S/c1-10-16(11-2-4-25(10)5-3-11)24-17(26)13-7-14-12(8-23-13)6-15(29-14)18(27)28-9-19(20,21)22/h6-8,10-11,16H,2-5,9H2,1H3,(H,24,26)/t10-,16+/m1/s1.